The zero-order valence-electron chi connectivity index (χ0n) is 16.0. The first-order chi connectivity index (χ1) is 12.3. The van der Waals surface area contributed by atoms with Crippen LogP contribution in [0.25, 0.3) is 0 Å². The van der Waals surface area contributed by atoms with E-state index in [0.29, 0.717) is 32.0 Å². The first kappa shape index (κ1) is 24.0. The molecule has 5 nitrogen and oxygen atoms in total. The van der Waals surface area contributed by atoms with Crippen molar-refractivity contribution < 1.29 is 13.2 Å². The lowest BCUT2D eigenvalue weighted by atomic mass is 10.1. The van der Waals surface area contributed by atoms with E-state index >= 15 is 0 Å². The van der Waals surface area contributed by atoms with E-state index in [1.54, 1.807) is 7.05 Å². The summed E-state index contributed by atoms with van der Waals surface area (Å²) in [5.74, 6) is 0.617. The monoisotopic (exact) mass is 499 g/mol. The molecule has 2 unspecified atom stereocenters. The molecule has 1 heterocycles. The molecule has 0 radical (unpaired) electrons. The van der Waals surface area contributed by atoms with Gasteiger partial charge in [-0.2, -0.15) is 13.2 Å². The van der Waals surface area contributed by atoms with Gasteiger partial charge in [-0.15, -0.1) is 24.0 Å². The molecule has 0 amide bonds. The van der Waals surface area contributed by atoms with Crippen LogP contribution in [0, 0.1) is 0 Å². The Bertz CT molecular complexity index is 580. The fraction of sp³-hybridized carbons (Fsp3) is 0.611. The molecule has 0 aliphatic carbocycles. The molecular weight excluding hydrogens is 470 g/mol. The maximum atomic E-state index is 12.5. The van der Waals surface area contributed by atoms with E-state index in [4.69, 9.17) is 0 Å². The lowest BCUT2D eigenvalue weighted by Gasteiger charge is -2.26. The number of hydrogen-bond donors (Lipinski definition) is 2. The van der Waals surface area contributed by atoms with Gasteiger partial charge in [0, 0.05) is 32.7 Å². The second-order valence-corrected chi connectivity index (χ2v) is 6.82. The quantitative estimate of drug-likeness (QED) is 0.359. The van der Waals surface area contributed by atoms with E-state index < -0.39 is 12.7 Å². The summed E-state index contributed by atoms with van der Waals surface area (Å²) in [5, 5.41) is 6.53. The molecule has 2 N–H and O–H groups in total. The Morgan fingerprint density at radius 3 is 2.52 bits per heavy atom. The second-order valence-electron chi connectivity index (χ2n) is 6.82. The van der Waals surface area contributed by atoms with Gasteiger partial charge in [0.1, 0.15) is 0 Å². The average Bonchev–Trinajstić information content (AvgIpc) is 2.99. The predicted molar refractivity (Wildman–Crippen MR) is 114 cm³/mol. The fourth-order valence-electron chi connectivity index (χ4n) is 3.20. The molecule has 2 atom stereocenters. The van der Waals surface area contributed by atoms with Gasteiger partial charge in [-0.25, -0.2) is 0 Å². The number of rotatable bonds is 6. The predicted octanol–water partition coefficient (Wildman–Crippen LogP) is 2.71. The number of hydrogen-bond acceptors (Lipinski definition) is 3. The summed E-state index contributed by atoms with van der Waals surface area (Å²) in [7, 11) is 5.70. The maximum Gasteiger partial charge on any atom is 0.401 e. The zero-order valence-corrected chi connectivity index (χ0v) is 18.3. The molecule has 1 aliphatic rings. The minimum atomic E-state index is -4.15. The molecule has 0 bridgehead atoms. The number of nitrogens with one attached hydrogen (secondary N) is 2. The van der Waals surface area contributed by atoms with Crippen molar-refractivity contribution in [2.24, 2.45) is 4.99 Å². The Labute approximate surface area is 176 Å². The average molecular weight is 499 g/mol. The number of guanidine groups is 1. The van der Waals surface area contributed by atoms with Crippen LogP contribution in [0.2, 0.25) is 0 Å². The van der Waals surface area contributed by atoms with E-state index in [2.05, 4.69) is 32.7 Å². The Morgan fingerprint density at radius 2 is 1.96 bits per heavy atom. The second kappa shape index (κ2) is 11.1. The molecule has 2 rings (SSSR count). The normalized spacial score (nSPS) is 19.7. The highest BCUT2D eigenvalue weighted by Crippen LogP contribution is 2.20. The maximum absolute atomic E-state index is 12.5. The van der Waals surface area contributed by atoms with E-state index in [1.165, 1.54) is 10.5 Å². The molecule has 1 aromatic rings. The van der Waals surface area contributed by atoms with Crippen LogP contribution in [0.15, 0.2) is 35.3 Å². The minimum absolute atomic E-state index is 0. The topological polar surface area (TPSA) is 42.9 Å². The SMILES string of the molecule is CN=C(NCC(c1ccccc1)N(C)C)NC1CCN(CC(F)(F)F)C1.I. The first-order valence-corrected chi connectivity index (χ1v) is 8.76. The molecular formula is C18H29F3IN5. The van der Waals surface area contributed by atoms with Crippen molar-refractivity contribution in [3.8, 4) is 0 Å². The summed E-state index contributed by atoms with van der Waals surface area (Å²) in [6.45, 7) is 0.609. The molecule has 9 heteroatoms. The van der Waals surface area contributed by atoms with E-state index in [1.807, 2.05) is 32.3 Å². The van der Waals surface area contributed by atoms with Crippen LogP contribution in [-0.4, -0.2) is 75.3 Å². The van der Waals surface area contributed by atoms with E-state index in [-0.39, 0.29) is 36.1 Å². The number of likely N-dealkylation sites (N-methyl/N-ethyl adjacent to an activating group) is 1. The first-order valence-electron chi connectivity index (χ1n) is 8.76. The Hall–Kier alpha value is -1.07. The minimum Gasteiger partial charge on any atom is -0.354 e. The standard InChI is InChI=1S/C18H28F3N5.HI/c1-22-17(24-15-9-10-26(12-15)13-18(19,20)21)23-11-16(25(2)3)14-7-5-4-6-8-14;/h4-8,15-16H,9-13H2,1-3H3,(H2,22,23,24);1H. The van der Waals surface area contributed by atoms with Crippen molar-refractivity contribution in [1.29, 1.82) is 0 Å². The van der Waals surface area contributed by atoms with Gasteiger partial charge in [-0.05, 0) is 26.1 Å². The van der Waals surface area contributed by atoms with Crippen molar-refractivity contribution >= 4 is 29.9 Å². The number of alkyl halides is 3. The molecule has 27 heavy (non-hydrogen) atoms. The van der Waals surface area contributed by atoms with Gasteiger partial charge in [0.25, 0.3) is 0 Å². The van der Waals surface area contributed by atoms with Gasteiger partial charge < -0.3 is 15.5 Å². The molecule has 1 fully saturated rings. The van der Waals surface area contributed by atoms with Gasteiger partial charge in [0.05, 0.1) is 12.6 Å². The molecule has 1 saturated heterocycles. The van der Waals surface area contributed by atoms with Crippen molar-refractivity contribution in [2.45, 2.75) is 24.7 Å². The highest BCUT2D eigenvalue weighted by Gasteiger charge is 2.34. The number of halogens is 4. The number of likely N-dealkylation sites (tertiary alicyclic amines) is 1. The van der Waals surface area contributed by atoms with Crippen LogP contribution in [0.5, 0.6) is 0 Å². The Balaban J connectivity index is 0.00000364. The van der Waals surface area contributed by atoms with Crippen molar-refractivity contribution in [2.75, 3.05) is 47.3 Å². The molecule has 1 aliphatic heterocycles. The third-order valence-electron chi connectivity index (χ3n) is 4.51. The van der Waals surface area contributed by atoms with Crippen LogP contribution in [0.4, 0.5) is 13.2 Å². The van der Waals surface area contributed by atoms with Gasteiger partial charge in [-0.3, -0.25) is 9.89 Å². The summed E-state index contributed by atoms with van der Waals surface area (Å²) < 4.78 is 37.5. The van der Waals surface area contributed by atoms with E-state index in [9.17, 15) is 13.2 Å². The van der Waals surface area contributed by atoms with Gasteiger partial charge in [0.15, 0.2) is 5.96 Å². The van der Waals surface area contributed by atoms with Crippen molar-refractivity contribution in [3.05, 3.63) is 35.9 Å². The van der Waals surface area contributed by atoms with Crippen molar-refractivity contribution in [3.63, 3.8) is 0 Å². The zero-order chi connectivity index (χ0) is 19.2. The lowest BCUT2D eigenvalue weighted by molar-refractivity contribution is -0.143. The summed E-state index contributed by atoms with van der Waals surface area (Å²) in [6, 6.07) is 10.3. The summed E-state index contributed by atoms with van der Waals surface area (Å²) in [5.41, 5.74) is 1.19. The highest BCUT2D eigenvalue weighted by molar-refractivity contribution is 14.0. The number of benzene rings is 1. The summed E-state index contributed by atoms with van der Waals surface area (Å²) >= 11 is 0. The van der Waals surface area contributed by atoms with Crippen LogP contribution >= 0.6 is 24.0 Å². The highest BCUT2D eigenvalue weighted by atomic mass is 127. The fourth-order valence-corrected chi connectivity index (χ4v) is 3.20. The third kappa shape index (κ3) is 8.22. The summed E-state index contributed by atoms with van der Waals surface area (Å²) in [4.78, 5) is 7.76. The van der Waals surface area contributed by atoms with Gasteiger partial charge in [-0.1, -0.05) is 30.3 Å². The van der Waals surface area contributed by atoms with Gasteiger partial charge >= 0.3 is 6.18 Å². The lowest BCUT2D eigenvalue weighted by Crippen LogP contribution is -2.47. The molecule has 1 aromatic carbocycles. The van der Waals surface area contributed by atoms with Gasteiger partial charge in [0.2, 0.25) is 0 Å². The largest absolute Gasteiger partial charge is 0.401 e. The van der Waals surface area contributed by atoms with Crippen LogP contribution in [0.1, 0.15) is 18.0 Å². The van der Waals surface area contributed by atoms with E-state index in [0.717, 1.165) is 0 Å². The summed E-state index contributed by atoms with van der Waals surface area (Å²) in [6.07, 6.45) is -3.48. The van der Waals surface area contributed by atoms with Crippen LogP contribution in [0.3, 0.4) is 0 Å². The van der Waals surface area contributed by atoms with Crippen LogP contribution in [-0.2, 0) is 0 Å². The Morgan fingerprint density at radius 1 is 1.30 bits per heavy atom. The third-order valence-corrected chi connectivity index (χ3v) is 4.51. The van der Waals surface area contributed by atoms with Crippen LogP contribution < -0.4 is 10.6 Å². The molecule has 0 aromatic heterocycles. The van der Waals surface area contributed by atoms with Crippen molar-refractivity contribution in [1.82, 2.24) is 20.4 Å². The molecule has 0 spiro atoms. The number of nitrogens with zero attached hydrogens (tertiary/aromatic N) is 3. The number of aliphatic imine (C=N–C) groups is 1. The molecule has 154 valence electrons. The smallest absolute Gasteiger partial charge is 0.354 e. The Kier molecular flexibility index (Phi) is 9.82. The molecule has 0 saturated carbocycles.